The molecule has 0 aliphatic rings. The van der Waals surface area contributed by atoms with Crippen LogP contribution in [0.4, 0.5) is 19.0 Å². The fourth-order valence-corrected chi connectivity index (χ4v) is 3.55. The Morgan fingerprint density at radius 2 is 1.53 bits per heavy atom. The first-order chi connectivity index (χ1) is 14.1. The molecule has 1 heterocycles. The van der Waals surface area contributed by atoms with Crippen LogP contribution in [-0.4, -0.2) is 24.3 Å². The van der Waals surface area contributed by atoms with Crippen LogP contribution in [0.1, 0.15) is 11.4 Å². The maximum atomic E-state index is 13.3. The van der Waals surface area contributed by atoms with Gasteiger partial charge in [-0.25, -0.2) is 24.2 Å². The van der Waals surface area contributed by atoms with Gasteiger partial charge in [0.05, 0.1) is 16.2 Å². The van der Waals surface area contributed by atoms with Crippen LogP contribution in [0, 0.1) is 6.92 Å². The fraction of sp³-hybridized carbons (Fsp3) is 0.158. The molecule has 3 rings (SSSR count). The molecule has 0 unspecified atom stereocenters. The van der Waals surface area contributed by atoms with E-state index in [0.29, 0.717) is 11.1 Å². The second kappa shape index (κ2) is 8.01. The lowest BCUT2D eigenvalue weighted by Gasteiger charge is -2.17. The Bertz CT molecular complexity index is 1160. The van der Waals surface area contributed by atoms with E-state index in [-0.39, 0.29) is 22.0 Å². The van der Waals surface area contributed by atoms with Crippen LogP contribution in [-0.2, 0) is 16.0 Å². The molecule has 11 heteroatoms. The SMILES string of the molecule is Cc1ccc(-c2nc(C(F)(F)F)nc(NN)c2-c2ccc(S(=O)(=O)CN)cc2)cc1. The van der Waals surface area contributed by atoms with Crippen LogP contribution in [0.2, 0.25) is 0 Å². The Balaban J connectivity index is 2.28. The Morgan fingerprint density at radius 1 is 0.967 bits per heavy atom. The standard InChI is InChI=1S/C19H18F3N5O2S/c1-11-2-4-13(5-3-11)16-15(17(27-24)26-18(25-16)19(20,21)22)12-6-8-14(9-7-12)30(28,29)10-23/h2-9H,10,23-24H2,1H3,(H,25,26,27). The summed E-state index contributed by atoms with van der Waals surface area (Å²) in [6.07, 6.45) is -4.79. The summed E-state index contributed by atoms with van der Waals surface area (Å²) < 4.78 is 63.9. The zero-order chi connectivity index (χ0) is 22.1. The second-order valence-electron chi connectivity index (χ2n) is 6.43. The third-order valence-electron chi connectivity index (χ3n) is 4.35. The van der Waals surface area contributed by atoms with Gasteiger partial charge in [0.15, 0.2) is 15.7 Å². The maximum Gasteiger partial charge on any atom is 0.451 e. The van der Waals surface area contributed by atoms with Crippen LogP contribution < -0.4 is 17.0 Å². The first kappa shape index (κ1) is 21.7. The molecule has 7 nitrogen and oxygen atoms in total. The molecule has 0 spiro atoms. The van der Waals surface area contributed by atoms with Crippen molar-refractivity contribution < 1.29 is 21.6 Å². The Hall–Kier alpha value is -3.02. The van der Waals surface area contributed by atoms with Crippen molar-refractivity contribution in [3.05, 3.63) is 59.9 Å². The molecule has 30 heavy (non-hydrogen) atoms. The van der Waals surface area contributed by atoms with Gasteiger partial charge in [-0.3, -0.25) is 0 Å². The number of rotatable bonds is 5. The lowest BCUT2D eigenvalue weighted by molar-refractivity contribution is -0.144. The molecule has 2 aromatic carbocycles. The van der Waals surface area contributed by atoms with Crippen LogP contribution in [0.15, 0.2) is 53.4 Å². The molecule has 0 amide bonds. The minimum Gasteiger partial charge on any atom is -0.317 e. The number of benzene rings is 2. The first-order valence-electron chi connectivity index (χ1n) is 8.63. The summed E-state index contributed by atoms with van der Waals surface area (Å²) in [4.78, 5) is 7.25. The van der Waals surface area contributed by atoms with E-state index in [1.165, 1.54) is 24.3 Å². The van der Waals surface area contributed by atoms with Crippen molar-refractivity contribution in [2.45, 2.75) is 18.0 Å². The average molecular weight is 437 g/mol. The topological polar surface area (TPSA) is 124 Å². The molecule has 1 aromatic heterocycles. The number of halogens is 3. The number of alkyl halides is 3. The van der Waals surface area contributed by atoms with E-state index in [0.717, 1.165) is 5.56 Å². The smallest absolute Gasteiger partial charge is 0.317 e. The number of hydrazine groups is 1. The number of hydrogen-bond acceptors (Lipinski definition) is 7. The summed E-state index contributed by atoms with van der Waals surface area (Å²) in [5.74, 6) is 3.30. The third-order valence-corrected chi connectivity index (χ3v) is 5.78. The fourth-order valence-electron chi connectivity index (χ4n) is 2.81. The minimum absolute atomic E-state index is 0.000271. The summed E-state index contributed by atoms with van der Waals surface area (Å²) in [5, 5.41) is 0. The van der Waals surface area contributed by atoms with Crippen molar-refractivity contribution in [2.75, 3.05) is 11.3 Å². The molecule has 0 radical (unpaired) electrons. The summed E-state index contributed by atoms with van der Waals surface area (Å²) in [6, 6.07) is 12.2. The molecule has 0 atom stereocenters. The molecule has 0 fully saturated rings. The normalized spacial score (nSPS) is 12.1. The summed E-state index contributed by atoms with van der Waals surface area (Å²) >= 11 is 0. The number of hydrogen-bond donors (Lipinski definition) is 3. The monoisotopic (exact) mass is 437 g/mol. The summed E-state index contributed by atoms with van der Waals surface area (Å²) in [5.41, 5.74) is 9.37. The van der Waals surface area contributed by atoms with Gasteiger partial charge in [0.25, 0.3) is 0 Å². The van der Waals surface area contributed by atoms with E-state index >= 15 is 0 Å². The molecular weight excluding hydrogens is 419 g/mol. The number of nitrogens with one attached hydrogen (secondary N) is 1. The molecule has 5 N–H and O–H groups in total. The van der Waals surface area contributed by atoms with Gasteiger partial charge in [-0.2, -0.15) is 13.2 Å². The number of sulfone groups is 1. The van der Waals surface area contributed by atoms with Crippen LogP contribution in [0.3, 0.4) is 0 Å². The molecule has 3 aromatic rings. The second-order valence-corrected chi connectivity index (χ2v) is 8.47. The van der Waals surface area contributed by atoms with Gasteiger partial charge in [-0.05, 0) is 24.6 Å². The third kappa shape index (κ3) is 4.27. The highest BCUT2D eigenvalue weighted by Gasteiger charge is 2.36. The summed E-state index contributed by atoms with van der Waals surface area (Å²) in [7, 11) is -3.65. The zero-order valence-corrected chi connectivity index (χ0v) is 16.6. The Morgan fingerprint density at radius 3 is 2.03 bits per heavy atom. The van der Waals surface area contributed by atoms with E-state index in [2.05, 4.69) is 15.4 Å². The van der Waals surface area contributed by atoms with E-state index in [4.69, 9.17) is 11.6 Å². The predicted molar refractivity (Wildman–Crippen MR) is 107 cm³/mol. The van der Waals surface area contributed by atoms with Crippen molar-refractivity contribution in [1.29, 1.82) is 0 Å². The lowest BCUT2D eigenvalue weighted by atomic mass is 9.99. The quantitative estimate of drug-likeness (QED) is 0.414. The highest BCUT2D eigenvalue weighted by molar-refractivity contribution is 7.91. The van der Waals surface area contributed by atoms with Crippen molar-refractivity contribution >= 4 is 15.7 Å². The predicted octanol–water partition coefficient (Wildman–Crippen LogP) is 3.11. The van der Waals surface area contributed by atoms with E-state index in [1.54, 1.807) is 24.3 Å². The van der Waals surface area contributed by atoms with Crippen LogP contribution in [0.5, 0.6) is 0 Å². The maximum absolute atomic E-state index is 13.3. The average Bonchev–Trinajstić information content (AvgIpc) is 2.72. The van der Waals surface area contributed by atoms with E-state index < -0.39 is 27.7 Å². The highest BCUT2D eigenvalue weighted by atomic mass is 32.2. The van der Waals surface area contributed by atoms with Gasteiger partial charge < -0.3 is 11.2 Å². The number of nitrogens with two attached hydrogens (primary N) is 2. The van der Waals surface area contributed by atoms with Gasteiger partial charge >= 0.3 is 6.18 Å². The van der Waals surface area contributed by atoms with Gasteiger partial charge in [0.2, 0.25) is 5.82 Å². The van der Waals surface area contributed by atoms with Gasteiger partial charge in [-0.15, -0.1) is 0 Å². The molecule has 0 saturated carbocycles. The molecule has 0 aliphatic carbocycles. The number of nitrogen functional groups attached to an aromatic ring is 1. The number of nitrogens with zero attached hydrogens (tertiary/aromatic N) is 2. The lowest BCUT2D eigenvalue weighted by Crippen LogP contribution is -2.18. The van der Waals surface area contributed by atoms with E-state index in [9.17, 15) is 21.6 Å². The van der Waals surface area contributed by atoms with Crippen molar-refractivity contribution in [2.24, 2.45) is 11.6 Å². The van der Waals surface area contributed by atoms with Gasteiger partial charge in [-0.1, -0.05) is 42.0 Å². The van der Waals surface area contributed by atoms with Crippen LogP contribution in [0.25, 0.3) is 22.4 Å². The molecule has 0 aliphatic heterocycles. The van der Waals surface area contributed by atoms with Crippen LogP contribution >= 0.6 is 0 Å². The van der Waals surface area contributed by atoms with Crippen molar-refractivity contribution in [1.82, 2.24) is 9.97 Å². The van der Waals surface area contributed by atoms with E-state index in [1.807, 2.05) is 6.92 Å². The number of anilines is 1. The largest absolute Gasteiger partial charge is 0.451 e. The Labute approximate surface area is 170 Å². The minimum atomic E-state index is -4.79. The first-order valence-corrected chi connectivity index (χ1v) is 10.3. The molecule has 0 saturated heterocycles. The van der Waals surface area contributed by atoms with Crippen molar-refractivity contribution in [3.8, 4) is 22.4 Å². The Kier molecular flexibility index (Phi) is 5.79. The van der Waals surface area contributed by atoms with Gasteiger partial charge in [0.1, 0.15) is 5.88 Å². The zero-order valence-electron chi connectivity index (χ0n) is 15.7. The summed E-state index contributed by atoms with van der Waals surface area (Å²) in [6.45, 7) is 1.84. The molecular formula is C19H18F3N5O2S. The highest BCUT2D eigenvalue weighted by Crippen LogP contribution is 2.38. The molecule has 158 valence electrons. The number of aryl methyl sites for hydroxylation is 1. The van der Waals surface area contributed by atoms with Gasteiger partial charge in [0, 0.05) is 5.56 Å². The molecule has 0 bridgehead atoms. The van der Waals surface area contributed by atoms with Crippen molar-refractivity contribution in [3.63, 3.8) is 0 Å². The number of aromatic nitrogens is 2.